The Kier molecular flexibility index (Phi) is 12.9. The summed E-state index contributed by atoms with van der Waals surface area (Å²) in [7, 11) is -4.71. The Hall–Kier alpha value is -2.49. The molecule has 0 aliphatic carbocycles. The Morgan fingerprint density at radius 3 is 1.11 bits per heavy atom. The second kappa shape index (κ2) is 14.6. The number of nitrogens with zero attached hydrogens (tertiary/aromatic N) is 3. The molecule has 0 amide bonds. The standard InChI is InChI=1S/C27H36F6N3OP/c1-7-18-34(19-8-2)38(35(20-9-3)21-10-4,36(22-11-5)23-12-6)37-25(26(28,29)30,27(31,32)33)24-16-14-13-15-17-24/h7-17,38H,1-6,18-23H2. The first-order valence-corrected chi connectivity index (χ1v) is 13.4. The van der Waals surface area contributed by atoms with Crippen LogP contribution in [0.3, 0.4) is 0 Å². The fourth-order valence-electron chi connectivity index (χ4n) is 4.21. The third-order valence-electron chi connectivity index (χ3n) is 5.60. The van der Waals surface area contributed by atoms with Crippen LogP contribution in [0.4, 0.5) is 26.3 Å². The van der Waals surface area contributed by atoms with Gasteiger partial charge in [-0.2, -0.15) is 0 Å². The van der Waals surface area contributed by atoms with E-state index >= 15 is 0 Å². The average Bonchev–Trinajstić information content (AvgIpc) is 2.84. The second-order valence-corrected chi connectivity index (χ2v) is 11.4. The molecule has 212 valence electrons. The molecular formula is C27H36F6N3OP. The van der Waals surface area contributed by atoms with Crippen molar-refractivity contribution in [1.29, 1.82) is 0 Å². The SMILES string of the molecule is C=CCN(CC=C)[PH](OC(c1ccccc1)(C(F)(F)F)C(F)(F)F)(N(CC=C)CC=C)N(CC=C)CC=C. The predicted octanol–water partition coefficient (Wildman–Crippen LogP) is 7.46. The van der Waals surface area contributed by atoms with Gasteiger partial charge in [-0.05, 0) is 0 Å². The van der Waals surface area contributed by atoms with Crippen molar-refractivity contribution in [2.45, 2.75) is 18.0 Å². The predicted molar refractivity (Wildman–Crippen MR) is 146 cm³/mol. The summed E-state index contributed by atoms with van der Waals surface area (Å²) in [6, 6.07) is 5.08. The zero-order valence-electron chi connectivity index (χ0n) is 21.4. The van der Waals surface area contributed by atoms with E-state index in [0.717, 1.165) is 24.3 Å². The van der Waals surface area contributed by atoms with E-state index in [1.54, 1.807) is 0 Å². The molecule has 1 aromatic carbocycles. The second-order valence-electron chi connectivity index (χ2n) is 8.17. The molecule has 0 N–H and O–H groups in total. The van der Waals surface area contributed by atoms with E-state index in [2.05, 4.69) is 39.5 Å². The number of halogens is 6. The molecule has 4 nitrogen and oxygen atoms in total. The summed E-state index contributed by atoms with van der Waals surface area (Å²) in [6.07, 6.45) is -3.47. The normalized spacial score (nSPS) is 13.4. The van der Waals surface area contributed by atoms with Gasteiger partial charge in [0.25, 0.3) is 0 Å². The quantitative estimate of drug-likeness (QED) is 0.105. The topological polar surface area (TPSA) is 19.0 Å². The summed E-state index contributed by atoms with van der Waals surface area (Å²) in [4.78, 5) is 0. The zero-order chi connectivity index (χ0) is 29.0. The monoisotopic (exact) mass is 563 g/mol. The molecule has 0 aliphatic rings. The summed E-state index contributed by atoms with van der Waals surface area (Å²) in [5, 5.41) is 0. The van der Waals surface area contributed by atoms with Crippen LogP contribution in [0.25, 0.3) is 0 Å². The molecule has 0 aliphatic heterocycles. The van der Waals surface area contributed by atoms with Crippen LogP contribution in [-0.2, 0) is 10.1 Å². The van der Waals surface area contributed by atoms with Crippen LogP contribution in [0.5, 0.6) is 0 Å². The Morgan fingerprint density at radius 1 is 0.579 bits per heavy atom. The van der Waals surface area contributed by atoms with Crippen LogP contribution in [0.1, 0.15) is 5.56 Å². The van der Waals surface area contributed by atoms with Gasteiger partial charge in [0.1, 0.15) is 0 Å². The van der Waals surface area contributed by atoms with Crippen molar-refractivity contribution in [1.82, 2.24) is 14.0 Å². The Bertz CT molecular complexity index is 845. The Morgan fingerprint density at radius 2 is 0.868 bits per heavy atom. The van der Waals surface area contributed by atoms with E-state index in [-0.39, 0.29) is 39.3 Å². The van der Waals surface area contributed by atoms with Gasteiger partial charge in [0, 0.05) is 0 Å². The summed E-state index contributed by atoms with van der Waals surface area (Å²) in [5.74, 6) is 0. The van der Waals surface area contributed by atoms with Crippen molar-refractivity contribution >= 4 is 7.94 Å². The summed E-state index contributed by atoms with van der Waals surface area (Å²) >= 11 is 0. The average molecular weight is 564 g/mol. The van der Waals surface area contributed by atoms with Crippen LogP contribution < -0.4 is 0 Å². The molecule has 0 unspecified atom stereocenters. The van der Waals surface area contributed by atoms with Crippen LogP contribution >= 0.6 is 7.94 Å². The van der Waals surface area contributed by atoms with Gasteiger partial charge in [-0.3, -0.25) is 0 Å². The van der Waals surface area contributed by atoms with Crippen molar-refractivity contribution < 1.29 is 30.9 Å². The summed E-state index contributed by atoms with van der Waals surface area (Å²) < 4.78 is 100. The first-order valence-electron chi connectivity index (χ1n) is 11.7. The van der Waals surface area contributed by atoms with Gasteiger partial charge in [-0.25, -0.2) is 0 Å². The minimum absolute atomic E-state index is 0.103. The van der Waals surface area contributed by atoms with Gasteiger partial charge >= 0.3 is 222 Å². The number of hydrogen-bond donors (Lipinski definition) is 0. The number of alkyl halides is 6. The molecule has 0 spiro atoms. The Labute approximate surface area is 222 Å². The fraction of sp³-hybridized carbons (Fsp3) is 0.333. The third kappa shape index (κ3) is 6.93. The summed E-state index contributed by atoms with van der Waals surface area (Å²) in [6.45, 7) is 21.5. The Balaban J connectivity index is 4.42. The maximum absolute atomic E-state index is 15.0. The van der Waals surface area contributed by atoms with Gasteiger partial charge < -0.3 is 0 Å². The van der Waals surface area contributed by atoms with Crippen molar-refractivity contribution in [2.24, 2.45) is 0 Å². The molecule has 1 rings (SSSR count). The molecule has 1 aromatic rings. The molecule has 0 atom stereocenters. The summed E-state index contributed by atoms with van der Waals surface area (Å²) in [5.41, 5.74) is -5.78. The van der Waals surface area contributed by atoms with Gasteiger partial charge in [0.2, 0.25) is 0 Å². The number of hydrogen-bond acceptors (Lipinski definition) is 4. The first kappa shape index (κ1) is 33.5. The van der Waals surface area contributed by atoms with E-state index in [0.29, 0.717) is 0 Å². The van der Waals surface area contributed by atoms with Gasteiger partial charge in [0.15, 0.2) is 0 Å². The van der Waals surface area contributed by atoms with Gasteiger partial charge in [-0.15, -0.1) is 0 Å². The van der Waals surface area contributed by atoms with E-state index < -0.39 is 31.5 Å². The van der Waals surface area contributed by atoms with E-state index in [9.17, 15) is 26.3 Å². The molecule has 38 heavy (non-hydrogen) atoms. The van der Waals surface area contributed by atoms with E-state index in [4.69, 9.17) is 4.52 Å². The van der Waals surface area contributed by atoms with Crippen molar-refractivity contribution in [3.63, 3.8) is 0 Å². The maximum atomic E-state index is 15.0. The van der Waals surface area contributed by atoms with Crippen LogP contribution in [0.2, 0.25) is 0 Å². The van der Waals surface area contributed by atoms with Crippen LogP contribution in [0.15, 0.2) is 106 Å². The minimum atomic E-state index is -5.90. The first-order chi connectivity index (χ1) is 17.9. The molecule has 0 saturated heterocycles. The van der Waals surface area contributed by atoms with E-state index in [1.165, 1.54) is 56.5 Å². The van der Waals surface area contributed by atoms with Gasteiger partial charge in [-0.1, -0.05) is 0 Å². The van der Waals surface area contributed by atoms with Crippen molar-refractivity contribution in [3.8, 4) is 0 Å². The number of benzene rings is 1. The molecule has 0 fully saturated rings. The molecule has 0 saturated carbocycles. The molecule has 0 aromatic heterocycles. The molecule has 0 radical (unpaired) electrons. The zero-order valence-corrected chi connectivity index (χ0v) is 22.4. The molecule has 0 heterocycles. The van der Waals surface area contributed by atoms with Crippen molar-refractivity contribution in [2.75, 3.05) is 39.3 Å². The van der Waals surface area contributed by atoms with Crippen LogP contribution in [0, 0.1) is 0 Å². The third-order valence-corrected chi connectivity index (χ3v) is 9.75. The molecular weight excluding hydrogens is 527 g/mol. The molecule has 0 bridgehead atoms. The van der Waals surface area contributed by atoms with Gasteiger partial charge in [0.05, 0.1) is 0 Å². The van der Waals surface area contributed by atoms with E-state index in [1.807, 2.05) is 0 Å². The van der Waals surface area contributed by atoms with Crippen molar-refractivity contribution in [3.05, 3.63) is 112 Å². The number of rotatable bonds is 18. The molecule has 11 heteroatoms. The van der Waals surface area contributed by atoms with Crippen LogP contribution in [-0.4, -0.2) is 65.6 Å². The fourth-order valence-corrected chi connectivity index (χ4v) is 8.76.